The van der Waals surface area contributed by atoms with Gasteiger partial charge >= 0.3 is 0 Å². The summed E-state index contributed by atoms with van der Waals surface area (Å²) in [5.74, 6) is -0.465. The van der Waals surface area contributed by atoms with E-state index in [9.17, 15) is 9.59 Å². The van der Waals surface area contributed by atoms with Gasteiger partial charge in [-0.2, -0.15) is 0 Å². The van der Waals surface area contributed by atoms with E-state index >= 15 is 0 Å². The molecule has 0 fully saturated rings. The zero-order valence-electron chi connectivity index (χ0n) is 18.0. The van der Waals surface area contributed by atoms with Crippen LogP contribution in [-0.4, -0.2) is 66.5 Å². The summed E-state index contributed by atoms with van der Waals surface area (Å²) in [6, 6.07) is 9.68. The fourth-order valence-corrected chi connectivity index (χ4v) is 3.14. The van der Waals surface area contributed by atoms with Gasteiger partial charge in [0.05, 0.1) is 40.2 Å². The third kappa shape index (κ3) is 8.39. The Morgan fingerprint density at radius 3 is 2.39 bits per heavy atom. The van der Waals surface area contributed by atoms with E-state index in [4.69, 9.17) is 23.1 Å². The molecule has 1 heterocycles. The van der Waals surface area contributed by atoms with Crippen molar-refractivity contribution < 1.29 is 14.1 Å². The van der Waals surface area contributed by atoms with Crippen molar-refractivity contribution in [2.45, 2.75) is 19.3 Å². The molecule has 9 nitrogen and oxygen atoms in total. The summed E-state index contributed by atoms with van der Waals surface area (Å²) < 4.78 is 0.724. The van der Waals surface area contributed by atoms with Crippen LogP contribution in [0.15, 0.2) is 30.3 Å². The number of unbranched alkanes of at least 4 members (excludes halogenated alkanes) is 1. The van der Waals surface area contributed by atoms with Crippen LogP contribution >= 0.6 is 11.6 Å². The van der Waals surface area contributed by atoms with E-state index in [0.717, 1.165) is 36.0 Å². The SMILES string of the molecule is C[N+](C)(CCCCNC(=O)Cc1ccccc1)CCNC(=O)c1nc(Cl)c(N)nc1N. The molecule has 0 aliphatic carbocycles. The first-order valence-corrected chi connectivity index (χ1v) is 10.5. The fraction of sp³-hybridized carbons (Fsp3) is 0.429. The Morgan fingerprint density at radius 1 is 0.968 bits per heavy atom. The highest BCUT2D eigenvalue weighted by Crippen LogP contribution is 2.17. The van der Waals surface area contributed by atoms with E-state index in [1.165, 1.54) is 0 Å². The average molecular weight is 449 g/mol. The van der Waals surface area contributed by atoms with Crippen LogP contribution in [0.2, 0.25) is 5.15 Å². The van der Waals surface area contributed by atoms with Crippen molar-refractivity contribution in [2.75, 3.05) is 51.7 Å². The number of aromatic nitrogens is 2. The molecule has 0 saturated heterocycles. The van der Waals surface area contributed by atoms with Gasteiger partial charge in [0.25, 0.3) is 5.91 Å². The average Bonchev–Trinajstić information content (AvgIpc) is 2.71. The molecule has 168 valence electrons. The first-order valence-electron chi connectivity index (χ1n) is 10.2. The molecule has 0 spiro atoms. The molecule has 2 amide bonds. The maximum atomic E-state index is 12.3. The highest BCUT2D eigenvalue weighted by atomic mass is 35.5. The lowest BCUT2D eigenvalue weighted by molar-refractivity contribution is -0.889. The second-order valence-corrected chi connectivity index (χ2v) is 8.35. The maximum absolute atomic E-state index is 12.3. The minimum atomic E-state index is -0.437. The number of amides is 2. The van der Waals surface area contributed by atoms with E-state index in [-0.39, 0.29) is 28.4 Å². The number of nitrogens with one attached hydrogen (secondary N) is 2. The molecule has 0 aliphatic heterocycles. The topological polar surface area (TPSA) is 136 Å². The van der Waals surface area contributed by atoms with Crippen LogP contribution < -0.4 is 22.1 Å². The monoisotopic (exact) mass is 448 g/mol. The second kappa shape index (κ2) is 11.5. The number of nitrogens with zero attached hydrogens (tertiary/aromatic N) is 3. The van der Waals surface area contributed by atoms with Gasteiger partial charge in [-0.15, -0.1) is 0 Å². The number of carbonyl (C=O) groups is 2. The number of hydrogen-bond donors (Lipinski definition) is 4. The number of benzene rings is 1. The van der Waals surface area contributed by atoms with Crippen LogP contribution in [0, 0.1) is 0 Å². The van der Waals surface area contributed by atoms with Gasteiger partial charge in [0.1, 0.15) is 0 Å². The lowest BCUT2D eigenvalue weighted by Crippen LogP contribution is -2.46. The van der Waals surface area contributed by atoms with E-state index in [0.29, 0.717) is 19.5 Å². The van der Waals surface area contributed by atoms with Crippen molar-refractivity contribution in [1.29, 1.82) is 0 Å². The number of rotatable bonds is 11. The van der Waals surface area contributed by atoms with Crippen LogP contribution in [0.4, 0.5) is 11.6 Å². The third-order valence-corrected chi connectivity index (χ3v) is 5.12. The fourth-order valence-electron chi connectivity index (χ4n) is 3.01. The van der Waals surface area contributed by atoms with Gasteiger partial charge in [0.15, 0.2) is 22.5 Å². The number of halogens is 1. The van der Waals surface area contributed by atoms with Crippen LogP contribution in [0.25, 0.3) is 0 Å². The lowest BCUT2D eigenvalue weighted by Gasteiger charge is -2.30. The van der Waals surface area contributed by atoms with E-state index in [1.807, 2.05) is 30.3 Å². The smallest absolute Gasteiger partial charge is 0.273 e. The summed E-state index contributed by atoms with van der Waals surface area (Å²) in [6.07, 6.45) is 2.25. The number of nitrogens with two attached hydrogens (primary N) is 2. The number of likely N-dealkylation sites (N-methyl/N-ethyl adjacent to an activating group) is 1. The van der Waals surface area contributed by atoms with Crippen LogP contribution in [0.3, 0.4) is 0 Å². The Hall–Kier alpha value is -2.91. The van der Waals surface area contributed by atoms with E-state index in [1.54, 1.807) is 0 Å². The van der Waals surface area contributed by atoms with E-state index < -0.39 is 5.91 Å². The minimum Gasteiger partial charge on any atom is -0.382 e. The van der Waals surface area contributed by atoms with Crippen LogP contribution in [0.1, 0.15) is 28.9 Å². The van der Waals surface area contributed by atoms with Crippen LogP contribution in [-0.2, 0) is 11.2 Å². The molecule has 0 unspecified atom stereocenters. The molecule has 0 atom stereocenters. The molecular formula is C21H31ClN7O2+. The molecule has 1 aromatic heterocycles. The van der Waals surface area contributed by atoms with Gasteiger partial charge in [-0.25, -0.2) is 9.97 Å². The first-order chi connectivity index (χ1) is 14.7. The Labute approximate surface area is 187 Å². The Kier molecular flexibility index (Phi) is 9.02. The summed E-state index contributed by atoms with van der Waals surface area (Å²) in [5, 5.41) is 5.70. The highest BCUT2D eigenvalue weighted by molar-refractivity contribution is 6.31. The summed E-state index contributed by atoms with van der Waals surface area (Å²) in [6.45, 7) is 2.74. The predicted molar refractivity (Wildman–Crippen MR) is 122 cm³/mol. The van der Waals surface area contributed by atoms with Gasteiger partial charge in [0, 0.05) is 6.54 Å². The molecule has 0 bridgehead atoms. The molecule has 2 aromatic rings. The van der Waals surface area contributed by atoms with Crippen molar-refractivity contribution in [2.24, 2.45) is 0 Å². The number of anilines is 2. The molecule has 0 radical (unpaired) electrons. The number of carbonyl (C=O) groups excluding carboxylic acids is 2. The molecule has 2 rings (SSSR count). The predicted octanol–water partition coefficient (Wildman–Crippen LogP) is 1.24. The Morgan fingerprint density at radius 2 is 1.68 bits per heavy atom. The minimum absolute atomic E-state index is 0.00947. The maximum Gasteiger partial charge on any atom is 0.273 e. The molecule has 10 heteroatoms. The van der Waals surface area contributed by atoms with E-state index in [2.05, 4.69) is 34.7 Å². The summed E-state index contributed by atoms with van der Waals surface area (Å²) in [5.41, 5.74) is 12.2. The number of hydrogen-bond acceptors (Lipinski definition) is 6. The van der Waals surface area contributed by atoms with Gasteiger partial charge in [-0.1, -0.05) is 41.9 Å². The molecule has 6 N–H and O–H groups in total. The van der Waals surface area contributed by atoms with Gasteiger partial charge in [0.2, 0.25) is 5.91 Å². The second-order valence-electron chi connectivity index (χ2n) is 7.99. The first kappa shape index (κ1) is 24.4. The largest absolute Gasteiger partial charge is 0.382 e. The molecule has 31 heavy (non-hydrogen) atoms. The zero-order valence-corrected chi connectivity index (χ0v) is 18.8. The Bertz CT molecular complexity index is 891. The van der Waals surface area contributed by atoms with Gasteiger partial charge in [-0.05, 0) is 18.4 Å². The van der Waals surface area contributed by atoms with Crippen molar-refractivity contribution in [1.82, 2.24) is 20.6 Å². The summed E-state index contributed by atoms with van der Waals surface area (Å²) in [4.78, 5) is 31.9. The van der Waals surface area contributed by atoms with Gasteiger partial charge in [-0.3, -0.25) is 9.59 Å². The molecule has 0 saturated carbocycles. The zero-order chi connectivity index (χ0) is 22.9. The Balaban J connectivity index is 1.64. The summed E-state index contributed by atoms with van der Waals surface area (Å²) >= 11 is 5.82. The normalized spacial score (nSPS) is 11.2. The quantitative estimate of drug-likeness (QED) is 0.301. The third-order valence-electron chi connectivity index (χ3n) is 4.84. The standard InChI is InChI=1S/C21H30ClN7O2/c1-29(2,12-7-6-10-25-16(30)14-15-8-4-3-5-9-15)13-11-26-21(31)17-19(23)28-20(24)18(22)27-17/h3-5,8-9H,6-7,10-14H2,1-2H3,(H5-,23,24,25,26,28,30,31)/p+1. The lowest BCUT2D eigenvalue weighted by atomic mass is 10.1. The van der Waals surface area contributed by atoms with Crippen molar-refractivity contribution in [3.63, 3.8) is 0 Å². The summed E-state index contributed by atoms with van der Waals surface area (Å²) in [7, 11) is 4.18. The molecule has 1 aromatic carbocycles. The van der Waals surface area contributed by atoms with Gasteiger partial charge < -0.3 is 26.6 Å². The molecule has 0 aliphatic rings. The van der Waals surface area contributed by atoms with Crippen molar-refractivity contribution in [3.8, 4) is 0 Å². The van der Waals surface area contributed by atoms with Crippen LogP contribution in [0.5, 0.6) is 0 Å². The number of nitrogen functional groups attached to an aromatic ring is 2. The molecular weight excluding hydrogens is 418 g/mol. The van der Waals surface area contributed by atoms with Crippen molar-refractivity contribution >= 4 is 35.1 Å². The van der Waals surface area contributed by atoms with Crippen molar-refractivity contribution in [3.05, 3.63) is 46.7 Å². The number of quaternary nitrogens is 1. The highest BCUT2D eigenvalue weighted by Gasteiger charge is 2.18.